The second-order valence-corrected chi connectivity index (χ2v) is 4.96. The molecule has 1 unspecified atom stereocenters. The van der Waals surface area contributed by atoms with Crippen LogP contribution in [0.15, 0.2) is 29.3 Å². The largest absolute Gasteiger partial charge is 0.425 e. The Labute approximate surface area is 139 Å². The van der Waals surface area contributed by atoms with E-state index in [1.807, 2.05) is 0 Å². The maximum Gasteiger partial charge on any atom is 0.328 e. The van der Waals surface area contributed by atoms with E-state index in [0.29, 0.717) is 31.6 Å². The van der Waals surface area contributed by atoms with Gasteiger partial charge in [-0.1, -0.05) is 12.1 Å². The molecule has 10 heteroatoms. The van der Waals surface area contributed by atoms with Gasteiger partial charge in [0.15, 0.2) is 5.96 Å². The fourth-order valence-corrected chi connectivity index (χ4v) is 1.84. The number of aliphatic imine (C=N–C) groups is 1. The highest BCUT2D eigenvalue weighted by Crippen LogP contribution is 2.15. The summed E-state index contributed by atoms with van der Waals surface area (Å²) in [5, 5.41) is 16.5. The monoisotopic (exact) mass is 341 g/mol. The Morgan fingerprint density at radius 2 is 2.08 bits per heavy atom. The van der Waals surface area contributed by atoms with Crippen LogP contribution >= 0.6 is 0 Å². The fourth-order valence-electron chi connectivity index (χ4n) is 1.84. The standard InChI is InChI=1S/C14H23N5O5/c15-12(5-2-7-18-14(16)17)13(20)24-11-4-1-3-10(9-11)6-8-23-19(21)22/h1,3-4,9,12,21-22H,2,5-8,15H2,(H4,16,17,18). The first-order chi connectivity index (χ1) is 11.4. The van der Waals surface area contributed by atoms with Crippen LogP contribution in [-0.4, -0.2) is 46.9 Å². The minimum Gasteiger partial charge on any atom is -0.425 e. The smallest absolute Gasteiger partial charge is 0.328 e. The number of rotatable bonds is 10. The summed E-state index contributed by atoms with van der Waals surface area (Å²) >= 11 is 0. The van der Waals surface area contributed by atoms with E-state index in [9.17, 15) is 4.79 Å². The van der Waals surface area contributed by atoms with Crippen molar-refractivity contribution in [1.29, 1.82) is 0 Å². The van der Waals surface area contributed by atoms with Gasteiger partial charge in [0.2, 0.25) is 0 Å². The maximum absolute atomic E-state index is 11.9. The predicted molar refractivity (Wildman–Crippen MR) is 85.0 cm³/mol. The summed E-state index contributed by atoms with van der Waals surface area (Å²) in [6.07, 6.45) is 1.35. The molecule has 0 spiro atoms. The lowest BCUT2D eigenvalue weighted by molar-refractivity contribution is -0.492. The molecule has 0 aliphatic carbocycles. The van der Waals surface area contributed by atoms with Crippen LogP contribution in [0.3, 0.4) is 0 Å². The number of hydrogen-bond acceptors (Lipinski definition) is 8. The zero-order valence-electron chi connectivity index (χ0n) is 13.2. The van der Waals surface area contributed by atoms with E-state index in [-0.39, 0.29) is 18.0 Å². The van der Waals surface area contributed by atoms with Crippen molar-refractivity contribution in [1.82, 2.24) is 5.39 Å². The van der Waals surface area contributed by atoms with E-state index < -0.39 is 12.0 Å². The third-order valence-electron chi connectivity index (χ3n) is 2.98. The molecule has 0 radical (unpaired) electrons. The van der Waals surface area contributed by atoms with Gasteiger partial charge in [0, 0.05) is 6.54 Å². The molecule has 0 aliphatic heterocycles. The van der Waals surface area contributed by atoms with Crippen LogP contribution < -0.4 is 21.9 Å². The molecule has 0 amide bonds. The number of nitrogens with zero attached hydrogens (tertiary/aromatic N) is 2. The number of ether oxygens (including phenoxy) is 1. The minimum absolute atomic E-state index is 0.00235. The molecule has 1 aromatic rings. The van der Waals surface area contributed by atoms with Gasteiger partial charge < -0.3 is 21.9 Å². The summed E-state index contributed by atoms with van der Waals surface area (Å²) in [4.78, 5) is 20.2. The van der Waals surface area contributed by atoms with Crippen molar-refractivity contribution in [2.45, 2.75) is 25.3 Å². The molecule has 1 atom stereocenters. The van der Waals surface area contributed by atoms with Crippen molar-refractivity contribution < 1.29 is 24.8 Å². The van der Waals surface area contributed by atoms with E-state index in [4.69, 9.17) is 32.4 Å². The molecule has 0 saturated carbocycles. The molecular weight excluding hydrogens is 318 g/mol. The van der Waals surface area contributed by atoms with Gasteiger partial charge in [-0.2, -0.15) is 0 Å². The molecule has 1 aromatic carbocycles. The molecule has 0 fully saturated rings. The van der Waals surface area contributed by atoms with Gasteiger partial charge in [-0.05, 0) is 37.0 Å². The van der Waals surface area contributed by atoms with Crippen LogP contribution in [0, 0.1) is 0 Å². The van der Waals surface area contributed by atoms with Gasteiger partial charge in [0.25, 0.3) is 0 Å². The quantitative estimate of drug-likeness (QED) is 0.0942. The minimum atomic E-state index is -0.775. The summed E-state index contributed by atoms with van der Waals surface area (Å²) in [5.74, 6) is -0.204. The topological polar surface area (TPSA) is 170 Å². The molecule has 8 N–H and O–H groups in total. The third kappa shape index (κ3) is 8.41. The number of esters is 1. The second kappa shape index (κ2) is 10.5. The molecule has 1 rings (SSSR count). The maximum atomic E-state index is 11.9. The molecule has 10 nitrogen and oxygen atoms in total. The predicted octanol–water partition coefficient (Wildman–Crippen LogP) is -0.473. The van der Waals surface area contributed by atoms with Crippen molar-refractivity contribution in [3.05, 3.63) is 29.8 Å². The van der Waals surface area contributed by atoms with Crippen LogP contribution in [0.1, 0.15) is 18.4 Å². The van der Waals surface area contributed by atoms with Crippen molar-refractivity contribution in [2.75, 3.05) is 13.2 Å². The lowest BCUT2D eigenvalue weighted by Gasteiger charge is -2.11. The number of carbonyl (C=O) groups is 1. The summed E-state index contributed by atoms with van der Waals surface area (Å²) in [5.41, 5.74) is 17.0. The Morgan fingerprint density at radius 3 is 2.75 bits per heavy atom. The van der Waals surface area contributed by atoms with Gasteiger partial charge >= 0.3 is 5.97 Å². The molecule has 0 bridgehead atoms. The van der Waals surface area contributed by atoms with Gasteiger partial charge in [0.1, 0.15) is 11.8 Å². The van der Waals surface area contributed by atoms with Crippen molar-refractivity contribution in [2.24, 2.45) is 22.2 Å². The van der Waals surface area contributed by atoms with Crippen molar-refractivity contribution >= 4 is 11.9 Å². The highest BCUT2D eigenvalue weighted by atomic mass is 17.1. The Morgan fingerprint density at radius 1 is 1.33 bits per heavy atom. The van der Waals surface area contributed by atoms with Crippen LogP contribution in [0.2, 0.25) is 0 Å². The number of guanidine groups is 1. The molecular formula is C14H23N5O5. The van der Waals surface area contributed by atoms with Gasteiger partial charge in [0.05, 0.1) is 12.0 Å². The lowest BCUT2D eigenvalue weighted by atomic mass is 10.1. The van der Waals surface area contributed by atoms with Gasteiger partial charge in [-0.25, -0.2) is 4.79 Å². The number of carbonyl (C=O) groups excluding carboxylic acids is 1. The highest BCUT2D eigenvalue weighted by molar-refractivity contribution is 5.78. The summed E-state index contributed by atoms with van der Waals surface area (Å²) in [6.45, 7) is 0.445. The lowest BCUT2D eigenvalue weighted by Crippen LogP contribution is -2.34. The Balaban J connectivity index is 2.44. The average molecular weight is 341 g/mol. The molecule has 24 heavy (non-hydrogen) atoms. The van der Waals surface area contributed by atoms with Crippen LogP contribution in [0.4, 0.5) is 0 Å². The van der Waals surface area contributed by atoms with Crippen molar-refractivity contribution in [3.8, 4) is 5.75 Å². The summed E-state index contributed by atoms with van der Waals surface area (Å²) < 4.78 is 5.22. The molecule has 0 saturated heterocycles. The first kappa shape index (κ1) is 19.8. The number of nitrogens with two attached hydrogens (primary N) is 3. The fraction of sp³-hybridized carbons (Fsp3) is 0.429. The Kier molecular flexibility index (Phi) is 8.68. The zero-order valence-corrected chi connectivity index (χ0v) is 13.2. The van der Waals surface area contributed by atoms with E-state index in [1.165, 1.54) is 0 Å². The van der Waals surface area contributed by atoms with E-state index >= 15 is 0 Å². The molecule has 0 heterocycles. The van der Waals surface area contributed by atoms with E-state index in [1.54, 1.807) is 24.3 Å². The van der Waals surface area contributed by atoms with E-state index in [0.717, 1.165) is 5.56 Å². The van der Waals surface area contributed by atoms with E-state index in [2.05, 4.69) is 9.83 Å². The van der Waals surface area contributed by atoms with Crippen LogP contribution in [0.25, 0.3) is 0 Å². The molecule has 134 valence electrons. The first-order valence-electron chi connectivity index (χ1n) is 7.31. The zero-order chi connectivity index (χ0) is 17.9. The molecule has 0 aliphatic rings. The number of benzene rings is 1. The third-order valence-corrected chi connectivity index (χ3v) is 2.98. The average Bonchev–Trinajstić information content (AvgIpc) is 2.51. The summed E-state index contributed by atoms with van der Waals surface area (Å²) in [6, 6.07) is 5.99. The van der Waals surface area contributed by atoms with Gasteiger partial charge in [-0.3, -0.25) is 20.2 Å². The SMILES string of the molecule is NC(N)=NCCCC(N)C(=O)Oc1cccc(CCON(O)O)c1. The highest BCUT2D eigenvalue weighted by Gasteiger charge is 2.15. The Hall–Kier alpha value is -2.24. The molecule has 0 aromatic heterocycles. The van der Waals surface area contributed by atoms with Crippen LogP contribution in [0.5, 0.6) is 5.75 Å². The van der Waals surface area contributed by atoms with Crippen molar-refractivity contribution in [3.63, 3.8) is 0 Å². The van der Waals surface area contributed by atoms with Crippen LogP contribution in [-0.2, 0) is 16.1 Å². The first-order valence-corrected chi connectivity index (χ1v) is 7.31. The second-order valence-electron chi connectivity index (χ2n) is 4.96. The summed E-state index contributed by atoms with van der Waals surface area (Å²) in [7, 11) is 0. The van der Waals surface area contributed by atoms with Gasteiger partial charge in [-0.15, -0.1) is 0 Å². The normalized spacial score (nSPS) is 12.0. The number of hydrogen-bond donors (Lipinski definition) is 5. The Bertz CT molecular complexity index is 548.